The van der Waals surface area contributed by atoms with E-state index in [1.807, 2.05) is 0 Å². The summed E-state index contributed by atoms with van der Waals surface area (Å²) in [5.74, 6) is -1.30. The summed E-state index contributed by atoms with van der Waals surface area (Å²) in [4.78, 5) is 34.7. The lowest BCUT2D eigenvalue weighted by molar-refractivity contribution is -0.146. The molecule has 0 radical (unpaired) electrons. The Labute approximate surface area is 126 Å². The topological polar surface area (TPSA) is 106 Å². The van der Waals surface area contributed by atoms with Gasteiger partial charge in [0, 0.05) is 19.2 Å². The van der Waals surface area contributed by atoms with Crippen molar-refractivity contribution in [2.24, 2.45) is 5.41 Å². The highest BCUT2D eigenvalue weighted by Crippen LogP contribution is 2.13. The summed E-state index contributed by atoms with van der Waals surface area (Å²) >= 11 is 0. The van der Waals surface area contributed by atoms with Gasteiger partial charge in [-0.1, -0.05) is 6.07 Å². The number of hydrogen-bond donors (Lipinski definition) is 2. The van der Waals surface area contributed by atoms with Gasteiger partial charge in [0.2, 0.25) is 5.91 Å². The zero-order chi connectivity index (χ0) is 16.3. The van der Waals surface area contributed by atoms with Crippen molar-refractivity contribution in [3.8, 4) is 0 Å². The first-order valence-electron chi connectivity index (χ1n) is 6.85. The fourth-order valence-electron chi connectivity index (χ4n) is 1.80. The van der Waals surface area contributed by atoms with E-state index < -0.39 is 11.4 Å². The Bertz CT molecular complexity index is 760. The molecule has 0 aliphatic rings. The van der Waals surface area contributed by atoms with Crippen LogP contribution in [0.5, 0.6) is 0 Å². The number of aliphatic carboxylic acids is 1. The fourth-order valence-corrected chi connectivity index (χ4v) is 1.80. The number of rotatable bonds is 6. The minimum Gasteiger partial charge on any atom is -0.481 e. The van der Waals surface area contributed by atoms with E-state index in [0.717, 1.165) is 0 Å². The molecule has 0 spiro atoms. The Morgan fingerprint density at radius 2 is 2.09 bits per heavy atom. The maximum Gasteiger partial charge on any atom is 0.350 e. The molecule has 2 N–H and O–H groups in total. The zero-order valence-electron chi connectivity index (χ0n) is 12.4. The van der Waals surface area contributed by atoms with Gasteiger partial charge in [-0.2, -0.15) is 0 Å². The van der Waals surface area contributed by atoms with Crippen molar-refractivity contribution in [3.05, 3.63) is 34.9 Å². The van der Waals surface area contributed by atoms with Gasteiger partial charge < -0.3 is 10.4 Å². The van der Waals surface area contributed by atoms with Crippen LogP contribution < -0.4 is 11.0 Å². The first kappa shape index (κ1) is 15.7. The summed E-state index contributed by atoms with van der Waals surface area (Å²) < 4.78 is 2.61. The second kappa shape index (κ2) is 6.00. The third-order valence-corrected chi connectivity index (χ3v) is 3.35. The minimum absolute atomic E-state index is 0.0290. The van der Waals surface area contributed by atoms with Crippen molar-refractivity contribution < 1.29 is 14.7 Å². The summed E-state index contributed by atoms with van der Waals surface area (Å²) in [6.45, 7) is 3.23. The van der Waals surface area contributed by atoms with Gasteiger partial charge in [0.25, 0.3) is 0 Å². The van der Waals surface area contributed by atoms with Gasteiger partial charge in [0.15, 0.2) is 5.65 Å². The van der Waals surface area contributed by atoms with Crippen molar-refractivity contribution in [1.82, 2.24) is 19.5 Å². The van der Waals surface area contributed by atoms with Crippen LogP contribution in [-0.2, 0) is 16.1 Å². The lowest BCUT2D eigenvalue weighted by atomic mass is 9.94. The summed E-state index contributed by atoms with van der Waals surface area (Å²) in [7, 11) is 0. The largest absolute Gasteiger partial charge is 0.481 e. The number of aromatic nitrogens is 3. The van der Waals surface area contributed by atoms with Crippen LogP contribution in [0.2, 0.25) is 0 Å². The summed E-state index contributed by atoms with van der Waals surface area (Å²) in [6, 6.07) is 5.20. The lowest BCUT2D eigenvalue weighted by Crippen LogP contribution is -2.39. The minimum atomic E-state index is -1.03. The van der Waals surface area contributed by atoms with Crippen molar-refractivity contribution in [2.45, 2.75) is 26.8 Å². The van der Waals surface area contributed by atoms with Gasteiger partial charge >= 0.3 is 11.7 Å². The van der Waals surface area contributed by atoms with Crippen LogP contribution in [0, 0.1) is 5.41 Å². The molecule has 8 heteroatoms. The summed E-state index contributed by atoms with van der Waals surface area (Å²) in [5, 5.41) is 15.6. The molecule has 0 saturated carbocycles. The number of carbonyl (C=O) groups is 2. The molecule has 2 rings (SSSR count). The Kier molecular flexibility index (Phi) is 4.30. The number of amides is 1. The third-order valence-electron chi connectivity index (χ3n) is 3.35. The van der Waals surface area contributed by atoms with Crippen molar-refractivity contribution in [1.29, 1.82) is 0 Å². The molecular formula is C14H18N4O4. The molecule has 2 heterocycles. The van der Waals surface area contributed by atoms with E-state index in [1.54, 1.807) is 24.4 Å². The predicted molar refractivity (Wildman–Crippen MR) is 78.5 cm³/mol. The molecule has 0 unspecified atom stereocenters. The number of fused-ring (bicyclic) bond motifs is 1. The highest BCUT2D eigenvalue weighted by molar-refractivity contribution is 5.78. The molecule has 8 nitrogen and oxygen atoms in total. The number of hydrogen-bond acceptors (Lipinski definition) is 4. The van der Waals surface area contributed by atoms with Crippen molar-refractivity contribution in [3.63, 3.8) is 0 Å². The first-order valence-corrected chi connectivity index (χ1v) is 6.85. The van der Waals surface area contributed by atoms with Crippen LogP contribution in [0.25, 0.3) is 5.65 Å². The van der Waals surface area contributed by atoms with Crippen LogP contribution in [0.4, 0.5) is 0 Å². The van der Waals surface area contributed by atoms with Crippen molar-refractivity contribution >= 4 is 17.5 Å². The van der Waals surface area contributed by atoms with E-state index in [2.05, 4.69) is 10.4 Å². The van der Waals surface area contributed by atoms with E-state index >= 15 is 0 Å². The van der Waals surface area contributed by atoms with Crippen molar-refractivity contribution in [2.75, 3.05) is 6.54 Å². The maximum absolute atomic E-state index is 12.0. The third kappa shape index (κ3) is 3.33. The van der Waals surface area contributed by atoms with Gasteiger partial charge in [-0.25, -0.2) is 9.48 Å². The predicted octanol–water partition coefficient (Wildman–Crippen LogP) is 0.113. The normalized spacial score (nSPS) is 11.5. The Morgan fingerprint density at radius 1 is 1.36 bits per heavy atom. The molecule has 0 atom stereocenters. The van der Waals surface area contributed by atoms with E-state index in [4.69, 9.17) is 5.11 Å². The molecule has 0 aromatic carbocycles. The van der Waals surface area contributed by atoms with Crippen LogP contribution in [-0.4, -0.2) is 37.7 Å². The molecule has 0 bridgehead atoms. The number of carboxylic acids is 1. The summed E-state index contributed by atoms with van der Waals surface area (Å²) in [5.41, 5.74) is -0.829. The number of carboxylic acid groups (broad SMARTS) is 1. The maximum atomic E-state index is 12.0. The van der Waals surface area contributed by atoms with Crippen LogP contribution in [0.3, 0.4) is 0 Å². The van der Waals surface area contributed by atoms with E-state index in [0.29, 0.717) is 5.65 Å². The molecule has 2 aromatic rings. The van der Waals surface area contributed by atoms with E-state index in [9.17, 15) is 14.4 Å². The van der Waals surface area contributed by atoms with Gasteiger partial charge in [-0.05, 0) is 26.0 Å². The quantitative estimate of drug-likeness (QED) is 0.788. The zero-order valence-corrected chi connectivity index (χ0v) is 12.4. The second-order valence-electron chi connectivity index (χ2n) is 5.65. The fraction of sp³-hybridized carbons (Fsp3) is 0.429. The monoisotopic (exact) mass is 306 g/mol. The standard InChI is InChI=1S/C14H18N4O4/c1-14(2,12(20)21)9-15-11(19)6-8-18-13(22)17-7-4-3-5-10(17)16-18/h3-5,7H,6,8-9H2,1-2H3,(H,15,19)(H,20,21). The highest BCUT2D eigenvalue weighted by Gasteiger charge is 2.27. The molecule has 0 fully saturated rings. The highest BCUT2D eigenvalue weighted by atomic mass is 16.4. The first-order chi connectivity index (χ1) is 10.3. The number of nitrogens with one attached hydrogen (secondary N) is 1. The van der Waals surface area contributed by atoms with Crippen LogP contribution >= 0.6 is 0 Å². The van der Waals surface area contributed by atoms with E-state index in [1.165, 1.54) is 22.9 Å². The number of aryl methyl sites for hydroxylation is 1. The number of nitrogens with zero attached hydrogens (tertiary/aromatic N) is 3. The van der Waals surface area contributed by atoms with Gasteiger partial charge in [0.1, 0.15) is 0 Å². The molecule has 118 valence electrons. The number of pyridine rings is 1. The SMILES string of the molecule is CC(C)(CNC(=O)CCn1nc2ccccn2c1=O)C(=O)O. The van der Waals surface area contributed by atoms with Gasteiger partial charge in [-0.15, -0.1) is 5.10 Å². The van der Waals surface area contributed by atoms with Gasteiger partial charge in [0.05, 0.1) is 12.0 Å². The van der Waals surface area contributed by atoms with Gasteiger partial charge in [-0.3, -0.25) is 14.0 Å². The Balaban J connectivity index is 1.95. The average molecular weight is 306 g/mol. The number of carbonyl (C=O) groups excluding carboxylic acids is 1. The van der Waals surface area contributed by atoms with Crippen LogP contribution in [0.1, 0.15) is 20.3 Å². The molecule has 22 heavy (non-hydrogen) atoms. The lowest BCUT2D eigenvalue weighted by Gasteiger charge is -2.19. The molecular weight excluding hydrogens is 288 g/mol. The smallest absolute Gasteiger partial charge is 0.350 e. The molecule has 0 aliphatic carbocycles. The van der Waals surface area contributed by atoms with Crippen LogP contribution in [0.15, 0.2) is 29.2 Å². The average Bonchev–Trinajstić information content (AvgIpc) is 2.80. The molecule has 0 aliphatic heterocycles. The summed E-state index contributed by atoms with van der Waals surface area (Å²) in [6.07, 6.45) is 1.66. The molecule has 1 amide bonds. The Morgan fingerprint density at radius 3 is 2.73 bits per heavy atom. The molecule has 2 aromatic heterocycles. The second-order valence-corrected chi connectivity index (χ2v) is 5.65. The Hall–Kier alpha value is -2.64. The molecule has 0 saturated heterocycles. The van der Waals surface area contributed by atoms with E-state index in [-0.39, 0.29) is 31.1 Å².